The molecule has 2 rings (SSSR count). The summed E-state index contributed by atoms with van der Waals surface area (Å²) in [6, 6.07) is 6.39. The van der Waals surface area contributed by atoms with Crippen LogP contribution in [0, 0.1) is 0 Å². The summed E-state index contributed by atoms with van der Waals surface area (Å²) in [6.45, 7) is 9.28. The fourth-order valence-electron chi connectivity index (χ4n) is 3.21. The number of hydrogen-bond acceptors (Lipinski definition) is 5. The molecular weight excluding hydrogens is 440 g/mol. The lowest BCUT2D eigenvalue weighted by Gasteiger charge is -2.33. The van der Waals surface area contributed by atoms with E-state index < -0.39 is 35.2 Å². The average molecular weight is 469 g/mol. The van der Waals surface area contributed by atoms with Crippen LogP contribution in [0.25, 0.3) is 0 Å². The van der Waals surface area contributed by atoms with Crippen LogP contribution in [0.1, 0.15) is 53.0 Å². The van der Waals surface area contributed by atoms with Crippen molar-refractivity contribution < 1.29 is 23.9 Å². The van der Waals surface area contributed by atoms with Crippen molar-refractivity contribution in [2.45, 2.75) is 64.6 Å². The average Bonchev–Trinajstić information content (AvgIpc) is 3.11. The van der Waals surface area contributed by atoms with Crippen LogP contribution in [0.3, 0.4) is 0 Å². The highest BCUT2D eigenvalue weighted by molar-refractivity contribution is 9.10. The zero-order valence-electron chi connectivity index (χ0n) is 17.6. The third-order valence-electron chi connectivity index (χ3n) is 4.66. The van der Waals surface area contributed by atoms with Gasteiger partial charge < -0.3 is 14.8 Å². The van der Waals surface area contributed by atoms with Gasteiger partial charge in [0.25, 0.3) is 0 Å². The standard InChI is InChI=1S/C21H29BrN2O5/c1-6-28-18(26)21(5,14-9-11-15(22)12-10-14)23-17(25)16-8-7-13-24(16)19(27)29-20(2,3)4/h9-12,16H,6-8,13H2,1-5H3,(H,23,25)/t16-,21+/m0/s1. The van der Waals surface area contributed by atoms with Gasteiger partial charge in [-0.25, -0.2) is 9.59 Å². The molecule has 1 aromatic carbocycles. The molecule has 0 saturated carbocycles. The molecular formula is C21H29BrN2O5. The quantitative estimate of drug-likeness (QED) is 0.665. The summed E-state index contributed by atoms with van der Waals surface area (Å²) in [6.07, 6.45) is 0.660. The maximum Gasteiger partial charge on any atom is 0.410 e. The van der Waals surface area contributed by atoms with Crippen molar-refractivity contribution in [1.29, 1.82) is 0 Å². The van der Waals surface area contributed by atoms with Gasteiger partial charge in [-0.2, -0.15) is 0 Å². The van der Waals surface area contributed by atoms with Gasteiger partial charge in [0, 0.05) is 11.0 Å². The van der Waals surface area contributed by atoms with Crippen molar-refractivity contribution in [3.63, 3.8) is 0 Å². The lowest BCUT2D eigenvalue weighted by atomic mass is 9.91. The third kappa shape index (κ3) is 5.72. The minimum atomic E-state index is -1.38. The lowest BCUT2D eigenvalue weighted by Crippen LogP contribution is -2.56. The molecule has 0 radical (unpaired) electrons. The number of hydrogen-bond donors (Lipinski definition) is 1. The van der Waals surface area contributed by atoms with Crippen LogP contribution in [-0.2, 0) is 24.6 Å². The largest absolute Gasteiger partial charge is 0.464 e. The first-order chi connectivity index (χ1) is 13.5. The van der Waals surface area contributed by atoms with Gasteiger partial charge >= 0.3 is 12.1 Å². The van der Waals surface area contributed by atoms with Gasteiger partial charge in [0.15, 0.2) is 5.54 Å². The summed E-state index contributed by atoms with van der Waals surface area (Å²) in [5.41, 5.74) is -1.44. The van der Waals surface area contributed by atoms with Crippen molar-refractivity contribution in [3.05, 3.63) is 34.3 Å². The van der Waals surface area contributed by atoms with E-state index in [4.69, 9.17) is 9.47 Å². The fraction of sp³-hybridized carbons (Fsp3) is 0.571. The summed E-state index contributed by atoms with van der Waals surface area (Å²) in [4.78, 5) is 39.8. The molecule has 1 saturated heterocycles. The van der Waals surface area contributed by atoms with Crippen molar-refractivity contribution in [3.8, 4) is 0 Å². The van der Waals surface area contributed by atoms with Gasteiger partial charge in [-0.05, 0) is 65.2 Å². The first-order valence-corrected chi connectivity index (χ1v) is 10.5. The number of carbonyl (C=O) groups excluding carboxylic acids is 3. The van der Waals surface area contributed by atoms with Crippen molar-refractivity contribution in [2.75, 3.05) is 13.2 Å². The number of carbonyl (C=O) groups is 3. The molecule has 8 heteroatoms. The maximum atomic E-state index is 13.1. The predicted octanol–water partition coefficient (Wildman–Crippen LogP) is 3.74. The van der Waals surface area contributed by atoms with Gasteiger partial charge in [0.1, 0.15) is 11.6 Å². The van der Waals surface area contributed by atoms with Crippen LogP contribution in [0.15, 0.2) is 28.7 Å². The van der Waals surface area contributed by atoms with E-state index in [0.717, 1.165) is 4.47 Å². The minimum absolute atomic E-state index is 0.189. The molecule has 160 valence electrons. The number of nitrogens with one attached hydrogen (secondary N) is 1. The van der Waals surface area contributed by atoms with Crippen molar-refractivity contribution in [1.82, 2.24) is 10.2 Å². The Hall–Kier alpha value is -2.09. The zero-order chi connectivity index (χ0) is 21.8. The first-order valence-electron chi connectivity index (χ1n) is 9.73. The molecule has 0 bridgehead atoms. The van der Waals surface area contributed by atoms with E-state index in [9.17, 15) is 14.4 Å². The molecule has 2 amide bonds. The Balaban J connectivity index is 2.25. The van der Waals surface area contributed by atoms with Crippen LogP contribution in [-0.4, -0.2) is 47.7 Å². The Morgan fingerprint density at radius 2 is 1.79 bits per heavy atom. The molecule has 29 heavy (non-hydrogen) atoms. The molecule has 1 fully saturated rings. The second-order valence-corrected chi connectivity index (χ2v) is 9.09. The lowest BCUT2D eigenvalue weighted by molar-refractivity contribution is -0.153. The van der Waals surface area contributed by atoms with E-state index in [2.05, 4.69) is 21.2 Å². The van der Waals surface area contributed by atoms with Crippen LogP contribution < -0.4 is 5.32 Å². The van der Waals surface area contributed by atoms with E-state index in [0.29, 0.717) is 24.9 Å². The third-order valence-corrected chi connectivity index (χ3v) is 5.19. The molecule has 0 aliphatic carbocycles. The highest BCUT2D eigenvalue weighted by Crippen LogP contribution is 2.27. The Kier molecular flexibility index (Phi) is 7.32. The summed E-state index contributed by atoms with van der Waals surface area (Å²) in [5, 5.41) is 2.83. The van der Waals surface area contributed by atoms with Crippen LogP contribution >= 0.6 is 15.9 Å². The summed E-state index contributed by atoms with van der Waals surface area (Å²) >= 11 is 3.37. The smallest absolute Gasteiger partial charge is 0.410 e. The first kappa shape index (κ1) is 23.2. The Bertz CT molecular complexity index is 759. The molecule has 1 N–H and O–H groups in total. The van der Waals surface area contributed by atoms with Gasteiger partial charge in [-0.15, -0.1) is 0 Å². The van der Waals surface area contributed by atoms with Gasteiger partial charge in [-0.1, -0.05) is 28.1 Å². The number of nitrogens with zero attached hydrogens (tertiary/aromatic N) is 1. The molecule has 0 aromatic heterocycles. The molecule has 0 spiro atoms. The highest BCUT2D eigenvalue weighted by Gasteiger charge is 2.43. The molecule has 1 heterocycles. The van der Waals surface area contributed by atoms with E-state index >= 15 is 0 Å². The molecule has 7 nitrogen and oxygen atoms in total. The van der Waals surface area contributed by atoms with Crippen molar-refractivity contribution in [2.24, 2.45) is 0 Å². The SMILES string of the molecule is CCOC(=O)[C@](C)(NC(=O)[C@@H]1CCCN1C(=O)OC(C)(C)C)c1ccc(Br)cc1. The monoisotopic (exact) mass is 468 g/mol. The zero-order valence-corrected chi connectivity index (χ0v) is 19.2. The Morgan fingerprint density at radius 3 is 2.34 bits per heavy atom. The Labute approximate surface area is 180 Å². The van der Waals surface area contributed by atoms with E-state index in [1.807, 2.05) is 0 Å². The molecule has 1 aliphatic heterocycles. The van der Waals surface area contributed by atoms with E-state index in [1.54, 1.807) is 58.9 Å². The number of ether oxygens (including phenoxy) is 2. The molecule has 0 unspecified atom stereocenters. The fourth-order valence-corrected chi connectivity index (χ4v) is 3.47. The highest BCUT2D eigenvalue weighted by atomic mass is 79.9. The summed E-state index contributed by atoms with van der Waals surface area (Å²) < 4.78 is 11.5. The molecule has 2 atom stereocenters. The summed E-state index contributed by atoms with van der Waals surface area (Å²) in [7, 11) is 0. The number of benzene rings is 1. The van der Waals surface area contributed by atoms with Crippen molar-refractivity contribution >= 4 is 33.9 Å². The number of halogens is 1. The number of likely N-dealkylation sites (tertiary alicyclic amines) is 1. The predicted molar refractivity (Wildman–Crippen MR) is 112 cm³/mol. The minimum Gasteiger partial charge on any atom is -0.464 e. The number of rotatable bonds is 5. The van der Waals surface area contributed by atoms with E-state index in [-0.39, 0.29) is 6.61 Å². The van der Waals surface area contributed by atoms with Crippen LogP contribution in [0.5, 0.6) is 0 Å². The summed E-state index contributed by atoms with van der Waals surface area (Å²) in [5.74, 6) is -0.968. The topological polar surface area (TPSA) is 84.9 Å². The number of esters is 1. The number of amides is 2. The van der Waals surface area contributed by atoms with Gasteiger partial charge in [0.05, 0.1) is 6.61 Å². The molecule has 1 aliphatic rings. The van der Waals surface area contributed by atoms with E-state index in [1.165, 1.54) is 4.90 Å². The second-order valence-electron chi connectivity index (χ2n) is 8.17. The molecule has 1 aromatic rings. The van der Waals surface area contributed by atoms with Gasteiger partial charge in [0.2, 0.25) is 5.91 Å². The maximum absolute atomic E-state index is 13.1. The Morgan fingerprint density at radius 1 is 1.17 bits per heavy atom. The second kappa shape index (κ2) is 9.15. The van der Waals surface area contributed by atoms with Crippen LogP contribution in [0.2, 0.25) is 0 Å². The normalized spacial score (nSPS) is 18.7. The van der Waals surface area contributed by atoms with Crippen LogP contribution in [0.4, 0.5) is 4.79 Å². The van der Waals surface area contributed by atoms with Gasteiger partial charge in [-0.3, -0.25) is 9.69 Å².